The largest absolute Gasteiger partial charge is 0.489 e. The lowest BCUT2D eigenvalue weighted by Gasteiger charge is -2.44. The molecular formula is C25H18ClNO4. The fourth-order valence-electron chi connectivity index (χ4n) is 3.87. The van der Waals surface area contributed by atoms with Crippen molar-refractivity contribution in [2.24, 2.45) is 0 Å². The van der Waals surface area contributed by atoms with Crippen LogP contribution < -0.4 is 15.3 Å². The summed E-state index contributed by atoms with van der Waals surface area (Å²) >= 11 is 6.34. The number of halogens is 1. The van der Waals surface area contributed by atoms with E-state index >= 15 is 0 Å². The number of amides is 1. The molecule has 4 aromatic rings. The Labute approximate surface area is 183 Å². The summed E-state index contributed by atoms with van der Waals surface area (Å²) in [6.45, 7) is 0.238. The Morgan fingerprint density at radius 3 is 2.39 bits per heavy atom. The maximum atomic E-state index is 12.3. The summed E-state index contributed by atoms with van der Waals surface area (Å²) < 4.78 is 11.1. The van der Waals surface area contributed by atoms with Gasteiger partial charge in [-0.25, -0.2) is 4.79 Å². The van der Waals surface area contributed by atoms with E-state index < -0.39 is 11.0 Å². The molecule has 0 radical (unpaired) electrons. The fourth-order valence-corrected chi connectivity index (χ4v) is 4.23. The summed E-state index contributed by atoms with van der Waals surface area (Å²) in [5, 5.41) is 0.247. The Hall–Kier alpha value is -3.57. The molecule has 1 aliphatic rings. The third-order valence-electron chi connectivity index (χ3n) is 5.41. The van der Waals surface area contributed by atoms with Gasteiger partial charge in [0.15, 0.2) is 0 Å². The van der Waals surface area contributed by atoms with E-state index in [0.29, 0.717) is 11.3 Å². The van der Waals surface area contributed by atoms with E-state index in [2.05, 4.69) is 0 Å². The van der Waals surface area contributed by atoms with Gasteiger partial charge in [0, 0.05) is 22.7 Å². The molecule has 0 aliphatic carbocycles. The molecule has 6 heteroatoms. The molecule has 5 nitrogen and oxygen atoms in total. The van der Waals surface area contributed by atoms with Crippen LogP contribution in [0, 0.1) is 0 Å². The highest BCUT2D eigenvalue weighted by Crippen LogP contribution is 2.42. The van der Waals surface area contributed by atoms with E-state index in [1.165, 1.54) is 6.07 Å². The minimum Gasteiger partial charge on any atom is -0.489 e. The average molecular weight is 432 g/mol. The highest BCUT2D eigenvalue weighted by atomic mass is 35.5. The first-order valence-electron chi connectivity index (χ1n) is 9.88. The summed E-state index contributed by atoms with van der Waals surface area (Å²) in [7, 11) is 0. The van der Waals surface area contributed by atoms with Crippen molar-refractivity contribution in [1.29, 1.82) is 0 Å². The number of nitrogens with zero attached hydrogens (tertiary/aromatic N) is 1. The van der Waals surface area contributed by atoms with Crippen LogP contribution in [0.3, 0.4) is 0 Å². The second-order valence-corrected chi connectivity index (χ2v) is 7.81. The lowest BCUT2D eigenvalue weighted by molar-refractivity contribution is -0.123. The Morgan fingerprint density at radius 2 is 1.61 bits per heavy atom. The van der Waals surface area contributed by atoms with Crippen molar-refractivity contribution in [3.63, 3.8) is 0 Å². The van der Waals surface area contributed by atoms with Crippen molar-refractivity contribution in [2.45, 2.75) is 18.0 Å². The van der Waals surface area contributed by atoms with Crippen molar-refractivity contribution < 1.29 is 13.9 Å². The molecule has 0 saturated carbocycles. The number of β-lactam (4-membered cyclic amide) rings is 1. The van der Waals surface area contributed by atoms with Gasteiger partial charge in [0.05, 0.1) is 6.04 Å². The standard InChI is InChI=1S/C25H18ClNO4/c26-23-24(27(25(23)29)18-6-2-1-3-7-18)16-10-12-19(13-11-16)30-15-17-14-22(28)31-21-9-5-4-8-20(17)21/h1-14,23-24H,15H2. The van der Waals surface area contributed by atoms with E-state index in [1.807, 2.05) is 72.8 Å². The Kier molecular flexibility index (Phi) is 4.96. The van der Waals surface area contributed by atoms with Crippen molar-refractivity contribution in [2.75, 3.05) is 4.90 Å². The lowest BCUT2D eigenvalue weighted by atomic mass is 9.92. The number of fused-ring (bicyclic) bond motifs is 1. The molecule has 1 fully saturated rings. The molecule has 154 valence electrons. The van der Waals surface area contributed by atoms with Crippen LogP contribution in [0.25, 0.3) is 11.0 Å². The molecule has 31 heavy (non-hydrogen) atoms. The number of ether oxygens (including phenoxy) is 1. The van der Waals surface area contributed by atoms with Crippen LogP contribution in [0.2, 0.25) is 0 Å². The summed E-state index contributed by atoms with van der Waals surface area (Å²) in [5.74, 6) is 0.553. The van der Waals surface area contributed by atoms with Gasteiger partial charge in [0.25, 0.3) is 0 Å². The van der Waals surface area contributed by atoms with Crippen LogP contribution >= 0.6 is 11.6 Å². The minimum absolute atomic E-state index is 0.104. The molecule has 2 heterocycles. The molecule has 2 unspecified atom stereocenters. The van der Waals surface area contributed by atoms with Crippen LogP contribution in [0.5, 0.6) is 5.75 Å². The van der Waals surface area contributed by atoms with Gasteiger partial charge in [-0.1, -0.05) is 48.5 Å². The second kappa shape index (κ2) is 7.93. The summed E-state index contributed by atoms with van der Waals surface area (Å²) in [6.07, 6.45) is 0. The smallest absolute Gasteiger partial charge is 0.336 e. The SMILES string of the molecule is O=C1C(Cl)C(c2ccc(OCc3cc(=O)oc4ccccc34)cc2)N1c1ccccc1. The normalized spacial score (nSPS) is 18.1. The molecule has 2 atom stereocenters. The van der Waals surface area contributed by atoms with Gasteiger partial charge in [0.2, 0.25) is 5.91 Å². The van der Waals surface area contributed by atoms with E-state index in [4.69, 9.17) is 20.8 Å². The van der Waals surface area contributed by atoms with Gasteiger partial charge in [-0.3, -0.25) is 4.79 Å². The van der Waals surface area contributed by atoms with Gasteiger partial charge in [-0.2, -0.15) is 0 Å². The van der Waals surface area contributed by atoms with Gasteiger partial charge < -0.3 is 14.1 Å². The third-order valence-corrected chi connectivity index (χ3v) is 5.84. The third kappa shape index (κ3) is 3.57. The van der Waals surface area contributed by atoms with Gasteiger partial charge >= 0.3 is 5.63 Å². The topological polar surface area (TPSA) is 59.8 Å². The van der Waals surface area contributed by atoms with Crippen molar-refractivity contribution in [3.8, 4) is 5.75 Å². The molecule has 0 spiro atoms. The summed E-state index contributed by atoms with van der Waals surface area (Å²) in [6, 6.07) is 25.6. The summed E-state index contributed by atoms with van der Waals surface area (Å²) in [5.41, 5.74) is 2.65. The number of carbonyl (C=O) groups is 1. The number of alkyl halides is 1. The van der Waals surface area contributed by atoms with Gasteiger partial charge in [0.1, 0.15) is 23.3 Å². The van der Waals surface area contributed by atoms with Crippen LogP contribution in [-0.2, 0) is 11.4 Å². The maximum absolute atomic E-state index is 12.3. The second-order valence-electron chi connectivity index (χ2n) is 7.33. The quantitative estimate of drug-likeness (QED) is 0.251. The maximum Gasteiger partial charge on any atom is 0.336 e. The predicted octanol–water partition coefficient (Wildman–Crippen LogP) is 5.07. The number of anilines is 1. The molecule has 0 bridgehead atoms. The molecule has 1 aromatic heterocycles. The molecule has 1 saturated heterocycles. The average Bonchev–Trinajstić information content (AvgIpc) is 2.81. The highest BCUT2D eigenvalue weighted by molar-refractivity contribution is 6.37. The molecule has 0 N–H and O–H groups in total. The van der Waals surface area contributed by atoms with E-state index in [1.54, 1.807) is 11.0 Å². The minimum atomic E-state index is -0.595. The Balaban J connectivity index is 1.34. The number of hydrogen-bond acceptors (Lipinski definition) is 4. The van der Waals surface area contributed by atoms with Crippen LogP contribution in [0.1, 0.15) is 17.2 Å². The first-order valence-corrected chi connectivity index (χ1v) is 10.3. The van der Waals surface area contributed by atoms with Crippen LogP contribution in [-0.4, -0.2) is 11.3 Å². The zero-order chi connectivity index (χ0) is 21.4. The lowest BCUT2D eigenvalue weighted by Crippen LogP contribution is -2.56. The van der Waals surface area contributed by atoms with E-state index in [9.17, 15) is 9.59 Å². The molecule has 1 aliphatic heterocycles. The van der Waals surface area contributed by atoms with Crippen molar-refractivity contribution >= 4 is 34.2 Å². The number of rotatable bonds is 5. The first kappa shape index (κ1) is 19.4. The number of benzene rings is 3. The Morgan fingerprint density at radius 1 is 0.903 bits per heavy atom. The number of para-hydroxylation sites is 2. The number of hydrogen-bond donors (Lipinski definition) is 0. The molecule has 3 aromatic carbocycles. The van der Waals surface area contributed by atoms with Crippen molar-refractivity contribution in [3.05, 3.63) is 106 Å². The van der Waals surface area contributed by atoms with E-state index in [0.717, 1.165) is 22.2 Å². The highest BCUT2D eigenvalue weighted by Gasteiger charge is 2.47. The molecular weight excluding hydrogens is 414 g/mol. The monoisotopic (exact) mass is 431 g/mol. The van der Waals surface area contributed by atoms with Gasteiger partial charge in [-0.15, -0.1) is 11.6 Å². The van der Waals surface area contributed by atoms with Crippen LogP contribution in [0.15, 0.2) is 94.1 Å². The molecule has 5 rings (SSSR count). The summed E-state index contributed by atoms with van der Waals surface area (Å²) in [4.78, 5) is 25.9. The first-order chi connectivity index (χ1) is 15.1. The molecule has 1 amide bonds. The Bertz CT molecular complexity index is 1300. The predicted molar refractivity (Wildman–Crippen MR) is 120 cm³/mol. The van der Waals surface area contributed by atoms with Crippen LogP contribution in [0.4, 0.5) is 5.69 Å². The van der Waals surface area contributed by atoms with Crippen molar-refractivity contribution in [1.82, 2.24) is 0 Å². The van der Waals surface area contributed by atoms with E-state index in [-0.39, 0.29) is 18.6 Å². The fraction of sp³-hybridized carbons (Fsp3) is 0.120. The van der Waals surface area contributed by atoms with Gasteiger partial charge in [-0.05, 0) is 35.9 Å². The zero-order valence-corrected chi connectivity index (χ0v) is 17.2. The number of carbonyl (C=O) groups excluding carboxylic acids is 1. The zero-order valence-electron chi connectivity index (χ0n) is 16.4.